The van der Waals surface area contributed by atoms with E-state index in [0.717, 1.165) is 10.3 Å². The molecule has 0 saturated carbocycles. The van der Waals surface area contributed by atoms with Crippen LogP contribution in [0.4, 0.5) is 0 Å². The number of thiazole rings is 1. The van der Waals surface area contributed by atoms with Crippen LogP contribution in [0.1, 0.15) is 5.69 Å². The summed E-state index contributed by atoms with van der Waals surface area (Å²) in [6, 6.07) is 5.30. The molecule has 0 aliphatic carbocycles. The van der Waals surface area contributed by atoms with Crippen LogP contribution in [0.15, 0.2) is 39.5 Å². The SMILES string of the molecule is Cn1c(=O)c2c(ncn2Cc2csc(-c3c(Cl)cccc3Cl)n2)n(C)c1=O. The number of rotatable bonds is 3. The third-order valence-electron chi connectivity index (χ3n) is 4.28. The lowest BCUT2D eigenvalue weighted by Crippen LogP contribution is -2.37. The first-order valence-corrected chi connectivity index (χ1v) is 9.51. The number of nitrogens with zero attached hydrogens (tertiary/aromatic N) is 5. The van der Waals surface area contributed by atoms with Crippen molar-refractivity contribution in [1.29, 1.82) is 0 Å². The second-order valence-corrected chi connectivity index (χ2v) is 7.66. The quantitative estimate of drug-likeness (QED) is 0.509. The highest BCUT2D eigenvalue weighted by atomic mass is 35.5. The summed E-state index contributed by atoms with van der Waals surface area (Å²) in [6.07, 6.45) is 1.53. The van der Waals surface area contributed by atoms with Crippen molar-refractivity contribution >= 4 is 45.7 Å². The van der Waals surface area contributed by atoms with Crippen molar-refractivity contribution in [2.24, 2.45) is 14.1 Å². The molecule has 3 aromatic heterocycles. The number of hydrogen-bond donors (Lipinski definition) is 0. The zero-order valence-corrected chi connectivity index (χ0v) is 16.6. The number of aromatic nitrogens is 5. The molecule has 0 atom stereocenters. The van der Waals surface area contributed by atoms with E-state index >= 15 is 0 Å². The maximum atomic E-state index is 12.5. The molecular weight excluding hydrogens is 409 g/mol. The summed E-state index contributed by atoms with van der Waals surface area (Å²) in [6.45, 7) is 0.336. The second kappa shape index (κ2) is 6.63. The zero-order chi connectivity index (χ0) is 19.3. The summed E-state index contributed by atoms with van der Waals surface area (Å²) in [5.74, 6) is 0. The highest BCUT2D eigenvalue weighted by Gasteiger charge is 2.16. The number of halogens is 2. The van der Waals surface area contributed by atoms with Crippen LogP contribution in [-0.2, 0) is 20.6 Å². The zero-order valence-electron chi connectivity index (χ0n) is 14.3. The van der Waals surface area contributed by atoms with Gasteiger partial charge in [-0.2, -0.15) is 0 Å². The molecule has 138 valence electrons. The Labute approximate surface area is 167 Å². The maximum Gasteiger partial charge on any atom is 0.332 e. The van der Waals surface area contributed by atoms with Crippen molar-refractivity contribution in [3.05, 3.63) is 66.5 Å². The molecule has 0 fully saturated rings. The Morgan fingerprint density at radius 1 is 1.11 bits per heavy atom. The van der Waals surface area contributed by atoms with Gasteiger partial charge in [0.05, 0.1) is 28.6 Å². The van der Waals surface area contributed by atoms with Crippen LogP contribution >= 0.6 is 34.5 Å². The van der Waals surface area contributed by atoms with Gasteiger partial charge in [-0.05, 0) is 12.1 Å². The lowest BCUT2D eigenvalue weighted by molar-refractivity contribution is 0.701. The van der Waals surface area contributed by atoms with Crippen molar-refractivity contribution in [2.75, 3.05) is 0 Å². The molecule has 27 heavy (non-hydrogen) atoms. The van der Waals surface area contributed by atoms with Crippen molar-refractivity contribution in [3.63, 3.8) is 0 Å². The second-order valence-electron chi connectivity index (χ2n) is 5.99. The standard InChI is InChI=1S/C17H13Cl2N5O2S/c1-22-14-13(16(25)23(2)17(22)26)24(8-20-14)6-9-7-27-15(21-9)12-10(18)4-3-5-11(12)19/h3-5,7-8H,6H2,1-2H3. The molecule has 0 aliphatic rings. The average Bonchev–Trinajstić information content (AvgIpc) is 3.26. The first-order valence-electron chi connectivity index (χ1n) is 7.88. The molecule has 0 saturated heterocycles. The summed E-state index contributed by atoms with van der Waals surface area (Å²) >= 11 is 13.9. The minimum atomic E-state index is -0.415. The van der Waals surface area contributed by atoms with E-state index in [-0.39, 0.29) is 0 Å². The lowest BCUT2D eigenvalue weighted by Gasteiger charge is -2.05. The Bertz CT molecular complexity index is 1280. The van der Waals surface area contributed by atoms with Crippen molar-refractivity contribution in [2.45, 2.75) is 6.54 Å². The Kier molecular flexibility index (Phi) is 4.41. The van der Waals surface area contributed by atoms with Crippen molar-refractivity contribution in [1.82, 2.24) is 23.7 Å². The van der Waals surface area contributed by atoms with Gasteiger partial charge in [-0.25, -0.2) is 14.8 Å². The van der Waals surface area contributed by atoms with Crippen molar-refractivity contribution in [3.8, 4) is 10.6 Å². The molecule has 0 amide bonds. The maximum absolute atomic E-state index is 12.5. The highest BCUT2D eigenvalue weighted by molar-refractivity contribution is 7.13. The van der Waals surface area contributed by atoms with E-state index in [1.165, 1.54) is 29.3 Å². The third-order valence-corrected chi connectivity index (χ3v) is 5.82. The smallest absolute Gasteiger partial charge is 0.319 e. The molecule has 0 spiro atoms. The summed E-state index contributed by atoms with van der Waals surface area (Å²) in [5.41, 5.74) is 1.31. The molecule has 4 aromatic rings. The van der Waals surface area contributed by atoms with Gasteiger partial charge in [0.1, 0.15) is 5.01 Å². The van der Waals surface area contributed by atoms with Crippen LogP contribution in [-0.4, -0.2) is 23.7 Å². The predicted octanol–water partition coefficient (Wildman–Crippen LogP) is 2.91. The molecule has 1 aromatic carbocycles. The first-order chi connectivity index (χ1) is 12.9. The third kappa shape index (κ3) is 2.90. The Hall–Kier alpha value is -2.42. The van der Waals surface area contributed by atoms with Crippen LogP contribution in [0.25, 0.3) is 21.7 Å². The monoisotopic (exact) mass is 421 g/mol. The van der Waals surface area contributed by atoms with E-state index in [4.69, 9.17) is 23.2 Å². The van der Waals surface area contributed by atoms with Gasteiger partial charge in [0.2, 0.25) is 0 Å². The van der Waals surface area contributed by atoms with Crippen LogP contribution in [0, 0.1) is 0 Å². The van der Waals surface area contributed by atoms with Crippen LogP contribution in [0.5, 0.6) is 0 Å². The summed E-state index contributed by atoms with van der Waals surface area (Å²) in [4.78, 5) is 33.4. The highest BCUT2D eigenvalue weighted by Crippen LogP contribution is 2.36. The van der Waals surface area contributed by atoms with E-state index < -0.39 is 11.2 Å². The number of imidazole rings is 1. The summed E-state index contributed by atoms with van der Waals surface area (Å²) in [5, 5.41) is 3.64. The normalized spacial score (nSPS) is 11.4. The number of aryl methyl sites for hydroxylation is 1. The van der Waals surface area contributed by atoms with Gasteiger partial charge in [0.15, 0.2) is 11.2 Å². The van der Waals surface area contributed by atoms with Gasteiger partial charge in [-0.3, -0.25) is 13.9 Å². The fraction of sp³-hybridized carbons (Fsp3) is 0.176. The van der Waals surface area contributed by atoms with E-state index in [0.29, 0.717) is 38.3 Å². The van der Waals surface area contributed by atoms with Gasteiger partial charge >= 0.3 is 5.69 Å². The van der Waals surface area contributed by atoms with Gasteiger partial charge in [0.25, 0.3) is 5.56 Å². The van der Waals surface area contributed by atoms with Crippen LogP contribution in [0.3, 0.4) is 0 Å². The summed E-state index contributed by atoms with van der Waals surface area (Å²) in [7, 11) is 3.03. The Morgan fingerprint density at radius 3 is 2.52 bits per heavy atom. The average molecular weight is 422 g/mol. The van der Waals surface area contributed by atoms with E-state index in [9.17, 15) is 9.59 Å². The fourth-order valence-corrected chi connectivity index (χ4v) is 4.46. The molecule has 0 bridgehead atoms. The van der Waals surface area contributed by atoms with E-state index in [1.807, 2.05) is 5.38 Å². The molecular formula is C17H13Cl2N5O2S. The molecule has 7 nitrogen and oxygen atoms in total. The molecule has 4 rings (SSSR count). The fourth-order valence-electron chi connectivity index (χ4n) is 2.89. The van der Waals surface area contributed by atoms with Gasteiger partial charge < -0.3 is 4.57 Å². The Balaban J connectivity index is 1.78. The van der Waals surface area contributed by atoms with Gasteiger partial charge in [-0.15, -0.1) is 11.3 Å². The summed E-state index contributed by atoms with van der Waals surface area (Å²) < 4.78 is 4.10. The molecule has 10 heteroatoms. The molecule has 3 heterocycles. The molecule has 0 unspecified atom stereocenters. The van der Waals surface area contributed by atoms with Crippen molar-refractivity contribution < 1.29 is 0 Å². The minimum Gasteiger partial charge on any atom is -0.319 e. The molecule has 0 N–H and O–H groups in total. The van der Waals surface area contributed by atoms with Gasteiger partial charge in [-0.1, -0.05) is 29.3 Å². The Morgan fingerprint density at radius 2 is 1.81 bits per heavy atom. The number of fused-ring (bicyclic) bond motifs is 1. The largest absolute Gasteiger partial charge is 0.332 e. The molecule has 0 aliphatic heterocycles. The molecule has 0 radical (unpaired) electrons. The lowest BCUT2D eigenvalue weighted by atomic mass is 10.2. The van der Waals surface area contributed by atoms with Crippen LogP contribution < -0.4 is 11.2 Å². The van der Waals surface area contributed by atoms with Gasteiger partial charge in [0, 0.05) is 25.0 Å². The predicted molar refractivity (Wildman–Crippen MR) is 107 cm³/mol. The topological polar surface area (TPSA) is 74.7 Å². The van der Waals surface area contributed by atoms with Crippen LogP contribution in [0.2, 0.25) is 10.0 Å². The van der Waals surface area contributed by atoms with E-state index in [2.05, 4.69) is 9.97 Å². The minimum absolute atomic E-state index is 0.336. The number of benzene rings is 1. The first kappa shape index (κ1) is 18.0. The van der Waals surface area contributed by atoms with E-state index in [1.54, 1.807) is 29.8 Å². The number of hydrogen-bond acceptors (Lipinski definition) is 5.